The second-order valence-electron chi connectivity index (χ2n) is 4.96. The van der Waals surface area contributed by atoms with E-state index in [4.69, 9.17) is 11.6 Å². The topological polar surface area (TPSA) is 32.3 Å². The predicted octanol–water partition coefficient (Wildman–Crippen LogP) is 4.28. The standard InChI is InChI=1S/C16H19ClN2OS/c1-4-12-6-7-13(21-12)10-18-15-9-11(17)5-8-14(15)16(20)19(2)3/h5-9,18H,4,10H2,1-3H3. The molecule has 5 heteroatoms. The van der Waals surface area contributed by atoms with Crippen molar-refractivity contribution >= 4 is 34.5 Å². The molecule has 0 aliphatic rings. The summed E-state index contributed by atoms with van der Waals surface area (Å²) in [5.41, 5.74) is 1.41. The Morgan fingerprint density at radius 1 is 1.24 bits per heavy atom. The molecule has 0 spiro atoms. The summed E-state index contributed by atoms with van der Waals surface area (Å²) in [5.74, 6) is -0.0328. The van der Waals surface area contributed by atoms with Gasteiger partial charge in [0.05, 0.1) is 5.56 Å². The van der Waals surface area contributed by atoms with E-state index < -0.39 is 0 Å². The van der Waals surface area contributed by atoms with E-state index >= 15 is 0 Å². The van der Waals surface area contributed by atoms with Crippen molar-refractivity contribution < 1.29 is 4.79 Å². The van der Waals surface area contributed by atoms with Gasteiger partial charge in [-0.3, -0.25) is 4.79 Å². The van der Waals surface area contributed by atoms with Crippen molar-refractivity contribution in [2.45, 2.75) is 19.9 Å². The number of thiophene rings is 1. The number of carbonyl (C=O) groups excluding carboxylic acids is 1. The molecule has 21 heavy (non-hydrogen) atoms. The van der Waals surface area contributed by atoms with Gasteiger partial charge in [0.15, 0.2) is 0 Å². The number of amides is 1. The molecule has 2 aromatic rings. The average Bonchev–Trinajstić information content (AvgIpc) is 2.92. The lowest BCUT2D eigenvalue weighted by atomic mass is 10.1. The average molecular weight is 323 g/mol. The first-order chi connectivity index (χ1) is 10.0. The first-order valence-corrected chi connectivity index (χ1v) is 8.03. The number of rotatable bonds is 5. The van der Waals surface area contributed by atoms with Gasteiger partial charge in [-0.25, -0.2) is 0 Å². The molecule has 1 aromatic heterocycles. The van der Waals surface area contributed by atoms with Crippen LogP contribution in [0.4, 0.5) is 5.69 Å². The fraction of sp³-hybridized carbons (Fsp3) is 0.312. The molecule has 1 amide bonds. The molecule has 0 aliphatic carbocycles. The molecule has 0 fully saturated rings. The molecule has 0 atom stereocenters. The Labute approximate surface area is 134 Å². The van der Waals surface area contributed by atoms with Crippen molar-refractivity contribution in [3.63, 3.8) is 0 Å². The second kappa shape index (κ2) is 6.96. The third kappa shape index (κ3) is 3.99. The van der Waals surface area contributed by atoms with Crippen molar-refractivity contribution in [2.75, 3.05) is 19.4 Å². The van der Waals surface area contributed by atoms with E-state index in [9.17, 15) is 4.79 Å². The van der Waals surface area contributed by atoms with Crippen LogP contribution >= 0.6 is 22.9 Å². The SMILES string of the molecule is CCc1ccc(CNc2cc(Cl)ccc2C(=O)N(C)C)s1. The summed E-state index contributed by atoms with van der Waals surface area (Å²) >= 11 is 7.83. The molecule has 0 unspecified atom stereocenters. The lowest BCUT2D eigenvalue weighted by Gasteiger charge is -2.15. The number of benzene rings is 1. The summed E-state index contributed by atoms with van der Waals surface area (Å²) in [5, 5.41) is 3.94. The van der Waals surface area contributed by atoms with Crippen molar-refractivity contribution in [1.82, 2.24) is 4.90 Å². The zero-order chi connectivity index (χ0) is 15.4. The van der Waals surface area contributed by atoms with E-state index in [-0.39, 0.29) is 5.91 Å². The second-order valence-corrected chi connectivity index (χ2v) is 6.65. The van der Waals surface area contributed by atoms with Gasteiger partial charge in [-0.15, -0.1) is 11.3 Å². The van der Waals surface area contributed by atoms with Gasteiger partial charge in [-0.05, 0) is 36.8 Å². The Morgan fingerprint density at radius 2 is 1.95 bits per heavy atom. The van der Waals surface area contributed by atoms with Crippen LogP contribution in [0, 0.1) is 0 Å². The number of aryl methyl sites for hydroxylation is 1. The Morgan fingerprint density at radius 3 is 2.57 bits per heavy atom. The summed E-state index contributed by atoms with van der Waals surface area (Å²) in [6.07, 6.45) is 1.05. The number of halogens is 1. The van der Waals surface area contributed by atoms with Crippen LogP contribution in [0.3, 0.4) is 0 Å². The number of hydrogen-bond acceptors (Lipinski definition) is 3. The molecule has 1 aromatic carbocycles. The molecular weight excluding hydrogens is 304 g/mol. The van der Waals surface area contributed by atoms with Crippen molar-refractivity contribution in [3.8, 4) is 0 Å². The Kier molecular flexibility index (Phi) is 5.26. The van der Waals surface area contributed by atoms with Gasteiger partial charge in [0.2, 0.25) is 0 Å². The molecule has 0 aliphatic heterocycles. The molecule has 3 nitrogen and oxygen atoms in total. The highest BCUT2D eigenvalue weighted by molar-refractivity contribution is 7.12. The zero-order valence-corrected chi connectivity index (χ0v) is 14.0. The Balaban J connectivity index is 2.18. The van der Waals surface area contributed by atoms with Crippen LogP contribution < -0.4 is 5.32 Å². The van der Waals surface area contributed by atoms with E-state index in [2.05, 4.69) is 24.4 Å². The fourth-order valence-corrected chi connectivity index (χ4v) is 3.05. The zero-order valence-electron chi connectivity index (χ0n) is 12.4. The van der Waals surface area contributed by atoms with E-state index in [0.717, 1.165) is 12.1 Å². The third-order valence-corrected chi connectivity index (χ3v) is 4.60. The monoisotopic (exact) mass is 322 g/mol. The molecule has 0 bridgehead atoms. The minimum absolute atomic E-state index is 0.0328. The molecule has 0 saturated carbocycles. The molecule has 0 radical (unpaired) electrons. The summed E-state index contributed by atoms with van der Waals surface area (Å²) in [7, 11) is 3.49. The van der Waals surface area contributed by atoms with E-state index in [0.29, 0.717) is 17.1 Å². The minimum atomic E-state index is -0.0328. The van der Waals surface area contributed by atoms with Crippen LogP contribution in [0.5, 0.6) is 0 Å². The summed E-state index contributed by atoms with van der Waals surface area (Å²) < 4.78 is 0. The highest BCUT2D eigenvalue weighted by atomic mass is 35.5. The number of carbonyl (C=O) groups is 1. The summed E-state index contributed by atoms with van der Waals surface area (Å²) in [6, 6.07) is 9.56. The maximum atomic E-state index is 12.2. The first-order valence-electron chi connectivity index (χ1n) is 6.84. The fourth-order valence-electron chi connectivity index (χ4n) is 1.98. The predicted molar refractivity (Wildman–Crippen MR) is 90.5 cm³/mol. The van der Waals surface area contributed by atoms with Gasteiger partial charge in [0.25, 0.3) is 5.91 Å². The lowest BCUT2D eigenvalue weighted by Crippen LogP contribution is -2.22. The van der Waals surface area contributed by atoms with Gasteiger partial charge >= 0.3 is 0 Å². The van der Waals surface area contributed by atoms with Crippen molar-refractivity contribution in [3.05, 3.63) is 50.7 Å². The molecule has 2 rings (SSSR count). The van der Waals surface area contributed by atoms with Crippen molar-refractivity contribution in [2.24, 2.45) is 0 Å². The van der Waals surface area contributed by atoms with E-state index in [1.165, 1.54) is 9.75 Å². The van der Waals surface area contributed by atoms with Crippen LogP contribution in [0.2, 0.25) is 5.02 Å². The van der Waals surface area contributed by atoms with Gasteiger partial charge in [0.1, 0.15) is 0 Å². The van der Waals surface area contributed by atoms with Gasteiger partial charge in [-0.2, -0.15) is 0 Å². The van der Waals surface area contributed by atoms with E-state index in [1.54, 1.807) is 48.5 Å². The van der Waals surface area contributed by atoms with Crippen LogP contribution in [0.15, 0.2) is 30.3 Å². The molecule has 0 saturated heterocycles. The van der Waals surface area contributed by atoms with Gasteiger partial charge in [0, 0.05) is 41.1 Å². The number of hydrogen-bond donors (Lipinski definition) is 1. The van der Waals surface area contributed by atoms with Crippen molar-refractivity contribution in [1.29, 1.82) is 0 Å². The number of nitrogens with zero attached hydrogens (tertiary/aromatic N) is 1. The quantitative estimate of drug-likeness (QED) is 0.891. The maximum absolute atomic E-state index is 12.2. The smallest absolute Gasteiger partial charge is 0.255 e. The molecule has 1 heterocycles. The molecule has 112 valence electrons. The third-order valence-electron chi connectivity index (χ3n) is 3.14. The summed E-state index contributed by atoms with van der Waals surface area (Å²) in [4.78, 5) is 16.4. The Hall–Kier alpha value is -1.52. The number of anilines is 1. The molecule has 1 N–H and O–H groups in total. The summed E-state index contributed by atoms with van der Waals surface area (Å²) in [6.45, 7) is 2.84. The maximum Gasteiger partial charge on any atom is 0.255 e. The van der Waals surface area contributed by atoms with Crippen LogP contribution in [0.25, 0.3) is 0 Å². The normalized spacial score (nSPS) is 10.5. The lowest BCUT2D eigenvalue weighted by molar-refractivity contribution is 0.0828. The number of nitrogens with one attached hydrogen (secondary N) is 1. The highest BCUT2D eigenvalue weighted by Crippen LogP contribution is 2.24. The Bertz CT molecular complexity index is 637. The van der Waals surface area contributed by atoms with E-state index in [1.807, 2.05) is 0 Å². The molecular formula is C16H19ClN2OS. The van der Waals surface area contributed by atoms with Gasteiger partial charge in [-0.1, -0.05) is 18.5 Å². The highest BCUT2D eigenvalue weighted by Gasteiger charge is 2.13. The largest absolute Gasteiger partial charge is 0.379 e. The van der Waals surface area contributed by atoms with Crippen LogP contribution in [-0.4, -0.2) is 24.9 Å². The van der Waals surface area contributed by atoms with Gasteiger partial charge < -0.3 is 10.2 Å². The van der Waals surface area contributed by atoms with Crippen LogP contribution in [-0.2, 0) is 13.0 Å². The first kappa shape index (κ1) is 15.9. The minimum Gasteiger partial charge on any atom is -0.379 e. The van der Waals surface area contributed by atoms with Crippen LogP contribution in [0.1, 0.15) is 27.0 Å².